The fraction of sp³-hybridized carbons (Fsp3) is 0.333. The highest BCUT2D eigenvalue weighted by molar-refractivity contribution is 5.80. The van der Waals surface area contributed by atoms with Crippen LogP contribution in [-0.4, -0.2) is 0 Å². The molecule has 1 aliphatic heterocycles. The molecular weight excluding hydrogens is 232 g/mol. The molecule has 96 valence electrons. The van der Waals surface area contributed by atoms with Gasteiger partial charge in [-0.2, -0.15) is 0 Å². The van der Waals surface area contributed by atoms with E-state index < -0.39 is 0 Å². The molecule has 1 atom stereocenters. The van der Waals surface area contributed by atoms with Crippen molar-refractivity contribution in [2.24, 2.45) is 5.92 Å². The van der Waals surface area contributed by atoms with Gasteiger partial charge in [0.05, 0.1) is 13.2 Å². The third kappa shape index (κ3) is 1.51. The molecule has 19 heavy (non-hydrogen) atoms. The lowest BCUT2D eigenvalue weighted by Gasteiger charge is -2.18. The molecule has 0 saturated heterocycles. The maximum Gasteiger partial charge on any atom is 0.0725 e. The average molecular weight is 250 g/mol. The van der Waals surface area contributed by atoms with E-state index in [4.69, 9.17) is 4.74 Å². The molecule has 0 aromatic heterocycles. The highest BCUT2D eigenvalue weighted by atomic mass is 16.5. The Morgan fingerprint density at radius 1 is 0.947 bits per heavy atom. The Balaban J connectivity index is 2.00. The molecular formula is C18H18O. The Labute approximate surface area is 114 Å². The third-order valence-corrected chi connectivity index (χ3v) is 4.47. The second kappa shape index (κ2) is 3.94. The van der Waals surface area contributed by atoms with E-state index in [0.717, 1.165) is 13.2 Å². The summed E-state index contributed by atoms with van der Waals surface area (Å²) in [5.41, 5.74) is 8.61. The van der Waals surface area contributed by atoms with Crippen molar-refractivity contribution < 1.29 is 4.74 Å². The zero-order chi connectivity index (χ0) is 13.0. The van der Waals surface area contributed by atoms with Gasteiger partial charge in [-0.15, -0.1) is 0 Å². The molecule has 1 nitrogen and oxygen atoms in total. The second-order valence-electron chi connectivity index (χ2n) is 6.01. The molecule has 1 heterocycles. The van der Waals surface area contributed by atoms with E-state index >= 15 is 0 Å². The van der Waals surface area contributed by atoms with E-state index in [1.165, 1.54) is 33.4 Å². The first-order valence-electron chi connectivity index (χ1n) is 7.08. The van der Waals surface area contributed by atoms with Gasteiger partial charge in [-0.3, -0.25) is 0 Å². The predicted molar refractivity (Wildman–Crippen MR) is 77.1 cm³/mol. The molecule has 0 fully saturated rings. The second-order valence-corrected chi connectivity index (χ2v) is 6.01. The molecule has 1 aliphatic carbocycles. The van der Waals surface area contributed by atoms with E-state index in [9.17, 15) is 0 Å². The molecule has 0 bridgehead atoms. The zero-order valence-corrected chi connectivity index (χ0v) is 11.4. The molecule has 1 unspecified atom stereocenters. The van der Waals surface area contributed by atoms with Crippen molar-refractivity contribution >= 4 is 0 Å². The minimum atomic E-state index is 0.539. The Morgan fingerprint density at radius 2 is 1.68 bits per heavy atom. The van der Waals surface area contributed by atoms with Crippen LogP contribution in [0.3, 0.4) is 0 Å². The van der Waals surface area contributed by atoms with Crippen LogP contribution < -0.4 is 0 Å². The first-order chi connectivity index (χ1) is 9.25. The van der Waals surface area contributed by atoms with Crippen molar-refractivity contribution in [3.8, 4) is 11.1 Å². The molecule has 1 heteroatoms. The van der Waals surface area contributed by atoms with E-state index in [0.29, 0.717) is 11.8 Å². The fourth-order valence-electron chi connectivity index (χ4n) is 3.64. The smallest absolute Gasteiger partial charge is 0.0725 e. The lowest BCUT2D eigenvalue weighted by molar-refractivity contribution is 0.134. The van der Waals surface area contributed by atoms with Crippen molar-refractivity contribution in [3.05, 3.63) is 58.7 Å². The van der Waals surface area contributed by atoms with E-state index in [2.05, 4.69) is 50.2 Å². The molecule has 2 aromatic rings. The SMILES string of the molecule is CC(C)C1c2ccccc2-c2cc3c(cc21)COC3. The molecule has 0 radical (unpaired) electrons. The molecule has 0 N–H and O–H groups in total. The molecule has 4 rings (SSSR count). The monoisotopic (exact) mass is 250 g/mol. The third-order valence-electron chi connectivity index (χ3n) is 4.47. The lowest BCUT2D eigenvalue weighted by atomic mass is 9.86. The van der Waals surface area contributed by atoms with Crippen molar-refractivity contribution in [1.82, 2.24) is 0 Å². The van der Waals surface area contributed by atoms with Gasteiger partial charge in [0, 0.05) is 5.92 Å². The number of hydrogen-bond acceptors (Lipinski definition) is 1. The maximum atomic E-state index is 5.58. The first kappa shape index (κ1) is 11.2. The van der Waals surface area contributed by atoms with Crippen LogP contribution in [0, 0.1) is 5.92 Å². The van der Waals surface area contributed by atoms with Crippen molar-refractivity contribution in [2.75, 3.05) is 0 Å². The summed E-state index contributed by atoms with van der Waals surface area (Å²) in [4.78, 5) is 0. The summed E-state index contributed by atoms with van der Waals surface area (Å²) in [7, 11) is 0. The number of ether oxygens (including phenoxy) is 1. The summed E-state index contributed by atoms with van der Waals surface area (Å²) >= 11 is 0. The summed E-state index contributed by atoms with van der Waals surface area (Å²) in [5.74, 6) is 1.17. The van der Waals surface area contributed by atoms with E-state index in [1.54, 1.807) is 0 Å². The van der Waals surface area contributed by atoms with Crippen LogP contribution in [0.4, 0.5) is 0 Å². The predicted octanol–water partition coefficient (Wildman–Crippen LogP) is 4.49. The van der Waals surface area contributed by atoms with Gasteiger partial charge in [0.2, 0.25) is 0 Å². The topological polar surface area (TPSA) is 9.23 Å². The Bertz CT molecular complexity index is 655. The first-order valence-corrected chi connectivity index (χ1v) is 7.08. The molecule has 2 aromatic carbocycles. The Morgan fingerprint density at radius 3 is 2.47 bits per heavy atom. The normalized spacial score (nSPS) is 19.4. The van der Waals surface area contributed by atoms with Gasteiger partial charge in [-0.05, 0) is 45.4 Å². The summed E-state index contributed by atoms with van der Waals surface area (Å²) in [6.45, 7) is 6.20. The largest absolute Gasteiger partial charge is 0.372 e. The van der Waals surface area contributed by atoms with Gasteiger partial charge < -0.3 is 4.74 Å². The van der Waals surface area contributed by atoms with Crippen molar-refractivity contribution in [2.45, 2.75) is 33.0 Å². The highest BCUT2D eigenvalue weighted by Crippen LogP contribution is 2.49. The summed E-state index contributed by atoms with van der Waals surface area (Å²) < 4.78 is 5.58. The minimum absolute atomic E-state index is 0.539. The van der Waals surface area contributed by atoms with Crippen LogP contribution >= 0.6 is 0 Å². The Hall–Kier alpha value is -1.60. The van der Waals surface area contributed by atoms with Crippen LogP contribution in [-0.2, 0) is 18.0 Å². The van der Waals surface area contributed by atoms with Gasteiger partial charge >= 0.3 is 0 Å². The Kier molecular flexibility index (Phi) is 2.33. The number of benzene rings is 2. The maximum absolute atomic E-state index is 5.58. The van der Waals surface area contributed by atoms with Gasteiger partial charge in [0.15, 0.2) is 0 Å². The van der Waals surface area contributed by atoms with Gasteiger partial charge in [-0.1, -0.05) is 44.2 Å². The van der Waals surface area contributed by atoms with Crippen molar-refractivity contribution in [3.63, 3.8) is 0 Å². The van der Waals surface area contributed by atoms with E-state index in [-0.39, 0.29) is 0 Å². The summed E-state index contributed by atoms with van der Waals surface area (Å²) in [6.07, 6.45) is 0. The number of hydrogen-bond donors (Lipinski definition) is 0. The summed E-state index contributed by atoms with van der Waals surface area (Å²) in [6, 6.07) is 13.6. The fourth-order valence-corrected chi connectivity index (χ4v) is 3.64. The summed E-state index contributed by atoms with van der Waals surface area (Å²) in [5, 5.41) is 0. The number of fused-ring (bicyclic) bond motifs is 4. The van der Waals surface area contributed by atoms with Gasteiger partial charge in [-0.25, -0.2) is 0 Å². The minimum Gasteiger partial charge on any atom is -0.372 e. The van der Waals surface area contributed by atoms with Crippen LogP contribution in [0.15, 0.2) is 36.4 Å². The highest BCUT2D eigenvalue weighted by Gasteiger charge is 2.32. The van der Waals surface area contributed by atoms with Crippen LogP contribution in [0.5, 0.6) is 0 Å². The molecule has 0 amide bonds. The van der Waals surface area contributed by atoms with Crippen molar-refractivity contribution in [1.29, 1.82) is 0 Å². The van der Waals surface area contributed by atoms with Gasteiger partial charge in [0.25, 0.3) is 0 Å². The average Bonchev–Trinajstić information content (AvgIpc) is 2.97. The molecule has 0 spiro atoms. The van der Waals surface area contributed by atoms with E-state index in [1.807, 2.05) is 0 Å². The molecule has 2 aliphatic rings. The number of rotatable bonds is 1. The standard InChI is InChI=1S/C18H18O/c1-11(2)18-15-6-4-3-5-14(15)16-7-12-9-19-10-13(12)8-17(16)18/h3-8,11,18H,9-10H2,1-2H3. The van der Waals surface area contributed by atoms with Crippen LogP contribution in [0.25, 0.3) is 11.1 Å². The zero-order valence-electron chi connectivity index (χ0n) is 11.4. The van der Waals surface area contributed by atoms with Gasteiger partial charge in [0.1, 0.15) is 0 Å². The molecule has 0 saturated carbocycles. The van der Waals surface area contributed by atoms with Crippen LogP contribution in [0.2, 0.25) is 0 Å². The quantitative estimate of drug-likeness (QED) is 0.724. The van der Waals surface area contributed by atoms with Crippen LogP contribution in [0.1, 0.15) is 42.0 Å². The lowest BCUT2D eigenvalue weighted by Crippen LogP contribution is -2.05.